The molecule has 0 radical (unpaired) electrons. The third-order valence-electron chi connectivity index (χ3n) is 2.55. The first-order valence-corrected chi connectivity index (χ1v) is 6.26. The number of carbonyl (C=O) groups is 1. The number of anilines is 2. The third kappa shape index (κ3) is 4.06. The molecule has 7 heteroatoms. The molecule has 0 aromatic heterocycles. The van der Waals surface area contributed by atoms with Gasteiger partial charge in [-0.1, -0.05) is 11.6 Å². The SMILES string of the molecule is Nc1ccc(Cl)cc1NC(=O)COc1ccc(F)c(F)c1. The van der Waals surface area contributed by atoms with E-state index in [4.69, 9.17) is 22.1 Å². The molecule has 4 nitrogen and oxygen atoms in total. The van der Waals surface area contributed by atoms with Gasteiger partial charge in [0.05, 0.1) is 11.4 Å². The van der Waals surface area contributed by atoms with Crippen molar-refractivity contribution in [1.82, 2.24) is 0 Å². The molecule has 21 heavy (non-hydrogen) atoms. The zero-order valence-corrected chi connectivity index (χ0v) is 11.5. The lowest BCUT2D eigenvalue weighted by Crippen LogP contribution is -2.20. The molecule has 0 aliphatic heterocycles. The minimum Gasteiger partial charge on any atom is -0.484 e. The minimum atomic E-state index is -1.05. The Kier molecular flexibility index (Phi) is 4.59. The molecule has 0 aliphatic carbocycles. The van der Waals surface area contributed by atoms with E-state index in [9.17, 15) is 13.6 Å². The van der Waals surface area contributed by atoms with Crippen LogP contribution in [0.1, 0.15) is 0 Å². The van der Waals surface area contributed by atoms with Crippen LogP contribution in [0.2, 0.25) is 5.02 Å². The Morgan fingerprint density at radius 3 is 2.67 bits per heavy atom. The maximum atomic E-state index is 13.0. The second-order valence-corrected chi connectivity index (χ2v) is 4.58. The summed E-state index contributed by atoms with van der Waals surface area (Å²) >= 11 is 5.79. The van der Waals surface area contributed by atoms with E-state index >= 15 is 0 Å². The Morgan fingerprint density at radius 1 is 1.19 bits per heavy atom. The molecule has 2 aromatic carbocycles. The highest BCUT2D eigenvalue weighted by molar-refractivity contribution is 6.31. The zero-order chi connectivity index (χ0) is 15.4. The van der Waals surface area contributed by atoms with Gasteiger partial charge in [-0.2, -0.15) is 0 Å². The van der Waals surface area contributed by atoms with Crippen molar-refractivity contribution in [3.05, 3.63) is 53.1 Å². The van der Waals surface area contributed by atoms with Crippen molar-refractivity contribution in [3.63, 3.8) is 0 Å². The van der Waals surface area contributed by atoms with E-state index in [1.54, 1.807) is 12.1 Å². The number of hydrogen-bond acceptors (Lipinski definition) is 3. The lowest BCUT2D eigenvalue weighted by atomic mass is 10.2. The number of hydrogen-bond donors (Lipinski definition) is 2. The van der Waals surface area contributed by atoms with Crippen LogP contribution in [0.3, 0.4) is 0 Å². The average Bonchev–Trinajstić information content (AvgIpc) is 2.44. The fraction of sp³-hybridized carbons (Fsp3) is 0.0714. The van der Waals surface area contributed by atoms with Gasteiger partial charge in [-0.15, -0.1) is 0 Å². The Morgan fingerprint density at radius 2 is 1.95 bits per heavy atom. The first-order valence-electron chi connectivity index (χ1n) is 5.88. The van der Waals surface area contributed by atoms with Crippen molar-refractivity contribution < 1.29 is 18.3 Å². The molecule has 2 aromatic rings. The Labute approximate surface area is 124 Å². The number of amides is 1. The van der Waals surface area contributed by atoms with Crippen LogP contribution in [0.5, 0.6) is 5.75 Å². The van der Waals surface area contributed by atoms with Crippen molar-refractivity contribution in [1.29, 1.82) is 0 Å². The number of rotatable bonds is 4. The van der Waals surface area contributed by atoms with Gasteiger partial charge in [-0.25, -0.2) is 8.78 Å². The monoisotopic (exact) mass is 312 g/mol. The molecule has 110 valence electrons. The Balaban J connectivity index is 1.95. The minimum absolute atomic E-state index is 0.0446. The molecular formula is C14H11ClF2N2O2. The van der Waals surface area contributed by atoms with E-state index in [-0.39, 0.29) is 12.4 Å². The van der Waals surface area contributed by atoms with Gasteiger partial charge in [0.2, 0.25) is 0 Å². The summed E-state index contributed by atoms with van der Waals surface area (Å²) in [7, 11) is 0. The van der Waals surface area contributed by atoms with E-state index in [1.165, 1.54) is 12.1 Å². The van der Waals surface area contributed by atoms with Crippen LogP contribution in [-0.2, 0) is 4.79 Å². The van der Waals surface area contributed by atoms with Crippen molar-refractivity contribution in [2.24, 2.45) is 0 Å². The van der Waals surface area contributed by atoms with Crippen LogP contribution in [0.4, 0.5) is 20.2 Å². The second kappa shape index (κ2) is 6.41. The summed E-state index contributed by atoms with van der Waals surface area (Å²) in [6.07, 6.45) is 0. The van der Waals surface area contributed by atoms with Gasteiger partial charge in [0.1, 0.15) is 5.75 Å². The smallest absolute Gasteiger partial charge is 0.262 e. The number of ether oxygens (including phenoxy) is 1. The standard InChI is InChI=1S/C14H11ClF2N2O2/c15-8-1-4-12(18)13(5-8)19-14(20)7-21-9-2-3-10(16)11(17)6-9/h1-6H,7,18H2,(H,19,20). The van der Waals surface area contributed by atoms with Gasteiger partial charge < -0.3 is 15.8 Å². The predicted octanol–water partition coefficient (Wildman–Crippen LogP) is 3.22. The zero-order valence-electron chi connectivity index (χ0n) is 10.7. The first kappa shape index (κ1) is 15.1. The largest absolute Gasteiger partial charge is 0.484 e. The molecule has 0 saturated heterocycles. The molecule has 2 rings (SSSR count). The predicted molar refractivity (Wildman–Crippen MR) is 76.3 cm³/mol. The van der Waals surface area contributed by atoms with Crippen LogP contribution in [0.25, 0.3) is 0 Å². The average molecular weight is 313 g/mol. The van der Waals surface area contributed by atoms with Gasteiger partial charge in [0.25, 0.3) is 5.91 Å². The van der Waals surface area contributed by atoms with E-state index in [0.29, 0.717) is 16.4 Å². The van der Waals surface area contributed by atoms with E-state index < -0.39 is 17.5 Å². The van der Waals surface area contributed by atoms with Gasteiger partial charge in [-0.05, 0) is 30.3 Å². The van der Waals surface area contributed by atoms with Crippen LogP contribution < -0.4 is 15.8 Å². The highest BCUT2D eigenvalue weighted by Gasteiger charge is 2.08. The lowest BCUT2D eigenvalue weighted by molar-refractivity contribution is -0.118. The van der Waals surface area contributed by atoms with Crippen LogP contribution in [0, 0.1) is 11.6 Å². The van der Waals surface area contributed by atoms with Crippen LogP contribution >= 0.6 is 11.6 Å². The molecule has 0 spiro atoms. The van der Waals surface area contributed by atoms with E-state index in [1.807, 2.05) is 0 Å². The van der Waals surface area contributed by atoms with Gasteiger partial charge in [0, 0.05) is 11.1 Å². The fourth-order valence-electron chi connectivity index (χ4n) is 1.54. The van der Waals surface area contributed by atoms with Gasteiger partial charge in [-0.3, -0.25) is 4.79 Å². The molecule has 0 atom stereocenters. The summed E-state index contributed by atoms with van der Waals surface area (Å²) in [6.45, 7) is -0.378. The van der Waals surface area contributed by atoms with E-state index in [0.717, 1.165) is 12.1 Å². The third-order valence-corrected chi connectivity index (χ3v) is 2.79. The topological polar surface area (TPSA) is 64.3 Å². The van der Waals surface area contributed by atoms with Crippen molar-refractivity contribution in [2.45, 2.75) is 0 Å². The van der Waals surface area contributed by atoms with Crippen molar-refractivity contribution in [3.8, 4) is 5.75 Å². The lowest BCUT2D eigenvalue weighted by Gasteiger charge is -2.10. The highest BCUT2D eigenvalue weighted by atomic mass is 35.5. The Hall–Kier alpha value is -2.34. The van der Waals surface area contributed by atoms with Crippen LogP contribution in [0.15, 0.2) is 36.4 Å². The summed E-state index contributed by atoms with van der Waals surface area (Å²) in [5.41, 5.74) is 6.37. The molecule has 0 unspecified atom stereocenters. The number of nitrogen functional groups attached to an aromatic ring is 1. The molecule has 0 saturated carbocycles. The Bertz CT molecular complexity index is 680. The molecule has 3 N–H and O–H groups in total. The summed E-state index contributed by atoms with van der Waals surface area (Å²) < 4.78 is 30.7. The fourth-order valence-corrected chi connectivity index (χ4v) is 1.71. The number of halogens is 3. The van der Waals surface area contributed by atoms with Crippen molar-refractivity contribution in [2.75, 3.05) is 17.7 Å². The molecular weight excluding hydrogens is 302 g/mol. The molecule has 0 bridgehead atoms. The van der Waals surface area contributed by atoms with Crippen LogP contribution in [-0.4, -0.2) is 12.5 Å². The quantitative estimate of drug-likeness (QED) is 0.852. The van der Waals surface area contributed by atoms with E-state index in [2.05, 4.69) is 5.32 Å². The first-order chi connectivity index (χ1) is 9.95. The maximum absolute atomic E-state index is 13.0. The second-order valence-electron chi connectivity index (χ2n) is 4.14. The number of benzene rings is 2. The summed E-state index contributed by atoms with van der Waals surface area (Å²) in [5.74, 6) is -2.50. The highest BCUT2D eigenvalue weighted by Crippen LogP contribution is 2.23. The molecule has 0 heterocycles. The number of nitrogens with two attached hydrogens (primary N) is 1. The number of nitrogens with one attached hydrogen (secondary N) is 1. The van der Waals surface area contributed by atoms with Gasteiger partial charge in [0.15, 0.2) is 18.2 Å². The maximum Gasteiger partial charge on any atom is 0.262 e. The molecule has 0 aliphatic rings. The normalized spacial score (nSPS) is 10.2. The van der Waals surface area contributed by atoms with Crippen molar-refractivity contribution >= 4 is 28.9 Å². The molecule has 0 fully saturated rings. The summed E-state index contributed by atoms with van der Waals surface area (Å²) in [5, 5.41) is 2.92. The summed E-state index contributed by atoms with van der Waals surface area (Å²) in [6, 6.07) is 7.62. The number of carbonyl (C=O) groups excluding carboxylic acids is 1. The summed E-state index contributed by atoms with van der Waals surface area (Å²) in [4.78, 5) is 11.7. The van der Waals surface area contributed by atoms with Gasteiger partial charge >= 0.3 is 0 Å². The molecule has 1 amide bonds.